The van der Waals surface area contributed by atoms with Crippen molar-refractivity contribution in [1.29, 1.82) is 0 Å². The maximum absolute atomic E-state index is 5.75. The van der Waals surface area contributed by atoms with Crippen LogP contribution in [0.4, 0.5) is 0 Å². The van der Waals surface area contributed by atoms with Crippen LogP contribution in [0.2, 0.25) is 0 Å². The predicted octanol–water partition coefficient (Wildman–Crippen LogP) is 3.35. The number of hydrogen-bond donors (Lipinski definition) is 0. The molecule has 1 aromatic rings. The Balaban J connectivity index is 1.59. The Kier molecular flexibility index (Phi) is 6.14. The van der Waals surface area contributed by atoms with E-state index in [9.17, 15) is 0 Å². The molecule has 2 aliphatic rings. The molecule has 0 radical (unpaired) electrons. The van der Waals surface area contributed by atoms with Gasteiger partial charge in [-0.2, -0.15) is 0 Å². The van der Waals surface area contributed by atoms with E-state index in [0.717, 1.165) is 51.8 Å². The fourth-order valence-corrected chi connectivity index (χ4v) is 4.26. The van der Waals surface area contributed by atoms with Crippen LogP contribution >= 0.6 is 0 Å². The van der Waals surface area contributed by atoms with Crippen molar-refractivity contribution in [2.45, 2.75) is 32.7 Å². The maximum atomic E-state index is 5.75. The van der Waals surface area contributed by atoms with E-state index in [2.05, 4.69) is 30.0 Å². The molecular formula is C20H31NO3. The number of nitrogens with zero attached hydrogens (tertiary/aromatic N) is 1. The van der Waals surface area contributed by atoms with Gasteiger partial charge in [0, 0.05) is 31.2 Å². The standard InChI is InChI=1S/C20H31NO3/c1-3-23-15-18-16-24-13-10-20(18)8-11-21(12-9-20)14-17-6-4-5-7-19(17)22-2/h4-7,18H,3,8-16H2,1-2H3/t18-/m1/s1. The molecule has 0 bridgehead atoms. The first-order valence-electron chi connectivity index (χ1n) is 9.27. The molecule has 2 heterocycles. The SMILES string of the molecule is CCOC[C@@H]1COCCC12CCN(Cc1ccccc1OC)CC2. The molecule has 0 unspecified atom stereocenters. The van der Waals surface area contributed by atoms with Crippen molar-refractivity contribution < 1.29 is 14.2 Å². The third kappa shape index (κ3) is 3.93. The van der Waals surface area contributed by atoms with Gasteiger partial charge in [0.2, 0.25) is 0 Å². The summed E-state index contributed by atoms with van der Waals surface area (Å²) in [7, 11) is 1.75. The first kappa shape index (κ1) is 17.7. The summed E-state index contributed by atoms with van der Waals surface area (Å²) in [6.45, 7) is 8.79. The largest absolute Gasteiger partial charge is 0.496 e. The lowest BCUT2D eigenvalue weighted by Crippen LogP contribution is -2.49. The molecule has 4 nitrogen and oxygen atoms in total. The summed E-state index contributed by atoms with van der Waals surface area (Å²) in [6.07, 6.45) is 3.69. The molecule has 2 fully saturated rings. The van der Waals surface area contributed by atoms with Crippen LogP contribution < -0.4 is 4.74 Å². The van der Waals surface area contributed by atoms with Crippen molar-refractivity contribution in [2.24, 2.45) is 11.3 Å². The second kappa shape index (κ2) is 8.32. The van der Waals surface area contributed by atoms with Gasteiger partial charge in [-0.3, -0.25) is 4.90 Å². The zero-order chi connectivity index (χ0) is 16.8. The zero-order valence-corrected chi connectivity index (χ0v) is 15.1. The van der Waals surface area contributed by atoms with Crippen molar-refractivity contribution in [3.8, 4) is 5.75 Å². The van der Waals surface area contributed by atoms with E-state index in [1.54, 1.807) is 7.11 Å². The Labute approximate surface area is 146 Å². The lowest BCUT2D eigenvalue weighted by molar-refractivity contribution is -0.0993. The Morgan fingerprint density at radius 2 is 2.00 bits per heavy atom. The maximum Gasteiger partial charge on any atom is 0.123 e. The second-order valence-corrected chi connectivity index (χ2v) is 7.13. The molecule has 1 aromatic carbocycles. The van der Waals surface area contributed by atoms with Gasteiger partial charge in [0.05, 0.1) is 20.3 Å². The number of para-hydroxylation sites is 1. The average Bonchev–Trinajstić information content (AvgIpc) is 2.63. The van der Waals surface area contributed by atoms with E-state index in [0.29, 0.717) is 11.3 Å². The van der Waals surface area contributed by atoms with Crippen molar-refractivity contribution in [3.63, 3.8) is 0 Å². The van der Waals surface area contributed by atoms with E-state index < -0.39 is 0 Å². The molecule has 2 saturated heterocycles. The number of hydrogen-bond acceptors (Lipinski definition) is 4. The molecule has 0 saturated carbocycles. The van der Waals surface area contributed by atoms with Gasteiger partial charge in [-0.05, 0) is 50.8 Å². The van der Waals surface area contributed by atoms with Crippen LogP contribution in [0.5, 0.6) is 5.75 Å². The van der Waals surface area contributed by atoms with Gasteiger partial charge in [0.15, 0.2) is 0 Å². The lowest BCUT2D eigenvalue weighted by atomic mass is 9.66. The zero-order valence-electron chi connectivity index (χ0n) is 15.1. The van der Waals surface area contributed by atoms with Gasteiger partial charge in [-0.15, -0.1) is 0 Å². The summed E-state index contributed by atoms with van der Waals surface area (Å²) in [5, 5.41) is 0. The van der Waals surface area contributed by atoms with Crippen LogP contribution in [0.15, 0.2) is 24.3 Å². The van der Waals surface area contributed by atoms with Crippen molar-refractivity contribution in [3.05, 3.63) is 29.8 Å². The van der Waals surface area contributed by atoms with Crippen LogP contribution in [-0.2, 0) is 16.0 Å². The fraction of sp³-hybridized carbons (Fsp3) is 0.700. The molecule has 0 aromatic heterocycles. The number of ether oxygens (including phenoxy) is 3. The fourth-order valence-electron chi connectivity index (χ4n) is 4.26. The highest BCUT2D eigenvalue weighted by Crippen LogP contribution is 2.45. The van der Waals surface area contributed by atoms with Gasteiger partial charge < -0.3 is 14.2 Å². The average molecular weight is 333 g/mol. The van der Waals surface area contributed by atoms with Crippen molar-refractivity contribution in [2.75, 3.05) is 46.6 Å². The number of rotatable bonds is 6. The molecule has 134 valence electrons. The van der Waals surface area contributed by atoms with Gasteiger partial charge in [0.1, 0.15) is 5.75 Å². The summed E-state index contributed by atoms with van der Waals surface area (Å²) in [5.41, 5.74) is 1.71. The molecule has 3 rings (SSSR count). The Hall–Kier alpha value is -1.10. The normalized spacial score (nSPS) is 24.2. The third-order valence-electron chi connectivity index (χ3n) is 5.89. The molecule has 0 aliphatic carbocycles. The van der Waals surface area contributed by atoms with E-state index in [4.69, 9.17) is 14.2 Å². The van der Waals surface area contributed by atoms with E-state index in [-0.39, 0.29) is 0 Å². The molecule has 0 N–H and O–H groups in total. The van der Waals surface area contributed by atoms with Gasteiger partial charge >= 0.3 is 0 Å². The smallest absolute Gasteiger partial charge is 0.123 e. The second-order valence-electron chi connectivity index (χ2n) is 7.13. The van der Waals surface area contributed by atoms with Gasteiger partial charge in [-0.25, -0.2) is 0 Å². The molecule has 0 amide bonds. The first-order chi connectivity index (χ1) is 11.8. The third-order valence-corrected chi connectivity index (χ3v) is 5.89. The van der Waals surface area contributed by atoms with Gasteiger partial charge in [-0.1, -0.05) is 18.2 Å². The minimum Gasteiger partial charge on any atom is -0.496 e. The number of benzene rings is 1. The summed E-state index contributed by atoms with van der Waals surface area (Å²) in [5.74, 6) is 1.55. The summed E-state index contributed by atoms with van der Waals surface area (Å²) in [4.78, 5) is 2.57. The van der Waals surface area contributed by atoms with E-state index in [1.165, 1.54) is 24.8 Å². The van der Waals surface area contributed by atoms with Crippen molar-refractivity contribution >= 4 is 0 Å². The molecule has 1 atom stereocenters. The van der Waals surface area contributed by atoms with Crippen LogP contribution in [-0.4, -0.2) is 51.5 Å². The summed E-state index contributed by atoms with van der Waals surface area (Å²) in [6, 6.07) is 8.36. The van der Waals surface area contributed by atoms with Crippen LogP contribution in [0, 0.1) is 11.3 Å². The first-order valence-corrected chi connectivity index (χ1v) is 9.27. The topological polar surface area (TPSA) is 30.9 Å². The highest BCUT2D eigenvalue weighted by Gasteiger charge is 2.43. The Bertz CT molecular complexity index is 511. The van der Waals surface area contributed by atoms with E-state index >= 15 is 0 Å². The highest BCUT2D eigenvalue weighted by atomic mass is 16.5. The monoisotopic (exact) mass is 333 g/mol. The van der Waals surface area contributed by atoms with E-state index in [1.807, 2.05) is 6.07 Å². The molecule has 1 spiro atoms. The summed E-state index contributed by atoms with van der Waals surface area (Å²) < 4.78 is 17.0. The number of likely N-dealkylation sites (tertiary alicyclic amines) is 1. The van der Waals surface area contributed by atoms with Gasteiger partial charge in [0.25, 0.3) is 0 Å². The number of methoxy groups -OCH3 is 1. The molecule has 24 heavy (non-hydrogen) atoms. The summed E-state index contributed by atoms with van der Waals surface area (Å²) >= 11 is 0. The van der Waals surface area contributed by atoms with Crippen molar-refractivity contribution in [1.82, 2.24) is 4.90 Å². The quantitative estimate of drug-likeness (QED) is 0.799. The molecule has 2 aliphatic heterocycles. The lowest BCUT2D eigenvalue weighted by Gasteiger charge is -2.49. The number of piperidine rings is 1. The molecular weight excluding hydrogens is 302 g/mol. The van der Waals surface area contributed by atoms with Crippen LogP contribution in [0.1, 0.15) is 31.7 Å². The predicted molar refractivity (Wildman–Crippen MR) is 95.4 cm³/mol. The highest BCUT2D eigenvalue weighted by molar-refractivity contribution is 5.33. The Morgan fingerprint density at radius 3 is 2.75 bits per heavy atom. The minimum atomic E-state index is 0.421. The molecule has 4 heteroatoms. The van der Waals surface area contributed by atoms with Crippen LogP contribution in [0.25, 0.3) is 0 Å². The minimum absolute atomic E-state index is 0.421. The Morgan fingerprint density at radius 1 is 1.21 bits per heavy atom. The van der Waals surface area contributed by atoms with Crippen LogP contribution in [0.3, 0.4) is 0 Å².